The minimum absolute atomic E-state index is 0.0431. The lowest BCUT2D eigenvalue weighted by atomic mass is 10.1. The van der Waals surface area contributed by atoms with Crippen molar-refractivity contribution in [2.45, 2.75) is 53.2 Å². The Morgan fingerprint density at radius 2 is 1.86 bits per heavy atom. The van der Waals surface area contributed by atoms with Gasteiger partial charge < -0.3 is 10.4 Å². The Kier molecular flexibility index (Phi) is 5.93. The summed E-state index contributed by atoms with van der Waals surface area (Å²) < 4.78 is 0. The number of anilines is 1. The zero-order chi connectivity index (χ0) is 16.2. The third kappa shape index (κ3) is 5.14. The Bertz CT molecular complexity index is 472. The van der Waals surface area contributed by atoms with Crippen molar-refractivity contribution in [1.29, 1.82) is 0 Å². The van der Waals surface area contributed by atoms with Gasteiger partial charge >= 0.3 is 0 Å². The quantitative estimate of drug-likeness (QED) is 0.847. The molecule has 0 fully saturated rings. The number of hydrogen-bond acceptors (Lipinski definition) is 3. The molecule has 4 nitrogen and oxygen atoms in total. The number of para-hydroxylation sites is 1. The number of aliphatic hydroxyl groups is 1. The van der Waals surface area contributed by atoms with Gasteiger partial charge in [-0.05, 0) is 52.3 Å². The van der Waals surface area contributed by atoms with Crippen molar-refractivity contribution >= 4 is 11.6 Å². The Hall–Kier alpha value is -1.39. The van der Waals surface area contributed by atoms with E-state index in [1.807, 2.05) is 50.8 Å². The zero-order valence-corrected chi connectivity index (χ0v) is 14.0. The van der Waals surface area contributed by atoms with Crippen LogP contribution in [0.25, 0.3) is 0 Å². The van der Waals surface area contributed by atoms with Gasteiger partial charge in [-0.2, -0.15) is 0 Å². The number of amides is 1. The van der Waals surface area contributed by atoms with Crippen molar-refractivity contribution in [3.05, 3.63) is 29.3 Å². The molecule has 0 heterocycles. The lowest BCUT2D eigenvalue weighted by molar-refractivity contribution is -0.121. The van der Waals surface area contributed by atoms with Gasteiger partial charge in [-0.3, -0.25) is 9.69 Å². The maximum Gasteiger partial charge on any atom is 0.241 e. The molecule has 118 valence electrons. The molecule has 0 radical (unpaired) electrons. The average molecular weight is 292 g/mol. The number of carbonyl (C=O) groups is 1. The fraction of sp³-hybridized carbons (Fsp3) is 0.588. The molecule has 0 saturated heterocycles. The van der Waals surface area contributed by atoms with Crippen LogP contribution in [0.3, 0.4) is 0 Å². The van der Waals surface area contributed by atoms with E-state index in [4.69, 9.17) is 0 Å². The number of rotatable bonds is 6. The number of nitrogens with one attached hydrogen (secondary N) is 1. The molecule has 1 amide bonds. The Balaban J connectivity index is 2.82. The van der Waals surface area contributed by atoms with Gasteiger partial charge in [0.2, 0.25) is 5.91 Å². The molecule has 0 bridgehead atoms. The number of nitrogens with zero attached hydrogens (tertiary/aromatic N) is 1. The molecular weight excluding hydrogens is 264 g/mol. The Morgan fingerprint density at radius 1 is 1.33 bits per heavy atom. The van der Waals surface area contributed by atoms with E-state index in [-0.39, 0.29) is 11.9 Å². The van der Waals surface area contributed by atoms with E-state index in [2.05, 4.69) is 5.32 Å². The minimum Gasteiger partial charge on any atom is -0.389 e. The van der Waals surface area contributed by atoms with Crippen LogP contribution in [0.5, 0.6) is 0 Å². The van der Waals surface area contributed by atoms with E-state index < -0.39 is 5.60 Å². The predicted octanol–water partition coefficient (Wildman–Crippen LogP) is 2.72. The topological polar surface area (TPSA) is 52.6 Å². The molecule has 1 unspecified atom stereocenters. The standard InChI is InChI=1S/C17H28N2O2/c1-7-19(11-17(5,6)21)14(4)16(20)18-15-12(2)9-8-10-13(15)3/h8-10,14,21H,7,11H2,1-6H3,(H,18,20). The Morgan fingerprint density at radius 3 is 2.29 bits per heavy atom. The number of benzene rings is 1. The molecule has 4 heteroatoms. The normalized spacial score (nSPS) is 13.3. The largest absolute Gasteiger partial charge is 0.389 e. The third-order valence-electron chi connectivity index (χ3n) is 3.65. The van der Waals surface area contributed by atoms with Gasteiger partial charge in [0.05, 0.1) is 11.6 Å². The molecule has 0 aromatic heterocycles. The Labute approximate surface area is 128 Å². The van der Waals surface area contributed by atoms with Crippen molar-refractivity contribution in [2.24, 2.45) is 0 Å². The second-order valence-corrected chi connectivity index (χ2v) is 6.31. The van der Waals surface area contributed by atoms with Gasteiger partial charge in [-0.1, -0.05) is 25.1 Å². The molecular formula is C17H28N2O2. The van der Waals surface area contributed by atoms with E-state index in [1.165, 1.54) is 0 Å². The monoisotopic (exact) mass is 292 g/mol. The molecule has 21 heavy (non-hydrogen) atoms. The summed E-state index contributed by atoms with van der Waals surface area (Å²) in [5.41, 5.74) is 2.18. The van der Waals surface area contributed by atoms with Crippen LogP contribution in [0, 0.1) is 13.8 Å². The summed E-state index contributed by atoms with van der Waals surface area (Å²) in [6.45, 7) is 12.5. The summed E-state index contributed by atoms with van der Waals surface area (Å²) in [5, 5.41) is 13.0. The van der Waals surface area contributed by atoms with Crippen LogP contribution < -0.4 is 5.32 Å². The fourth-order valence-electron chi connectivity index (χ4n) is 2.42. The second kappa shape index (κ2) is 7.05. The molecule has 1 aromatic carbocycles. The number of hydrogen-bond donors (Lipinski definition) is 2. The minimum atomic E-state index is -0.816. The molecule has 0 spiro atoms. The SMILES string of the molecule is CCN(CC(C)(C)O)C(C)C(=O)Nc1c(C)cccc1C. The smallest absolute Gasteiger partial charge is 0.241 e. The van der Waals surface area contributed by atoms with Crippen LogP contribution in [-0.4, -0.2) is 40.6 Å². The van der Waals surface area contributed by atoms with E-state index in [9.17, 15) is 9.90 Å². The molecule has 0 saturated carbocycles. The zero-order valence-electron chi connectivity index (χ0n) is 14.0. The van der Waals surface area contributed by atoms with Gasteiger partial charge in [-0.15, -0.1) is 0 Å². The van der Waals surface area contributed by atoms with Gasteiger partial charge in [0.1, 0.15) is 0 Å². The van der Waals surface area contributed by atoms with Gasteiger partial charge in [0, 0.05) is 12.2 Å². The highest BCUT2D eigenvalue weighted by Gasteiger charge is 2.25. The van der Waals surface area contributed by atoms with Gasteiger partial charge in [0.15, 0.2) is 0 Å². The van der Waals surface area contributed by atoms with Crippen LogP contribution in [0.1, 0.15) is 38.8 Å². The van der Waals surface area contributed by atoms with Crippen molar-refractivity contribution in [2.75, 3.05) is 18.4 Å². The summed E-state index contributed by atoms with van der Waals surface area (Å²) in [6.07, 6.45) is 0. The molecule has 1 atom stereocenters. The van der Waals surface area contributed by atoms with Gasteiger partial charge in [-0.25, -0.2) is 0 Å². The van der Waals surface area contributed by atoms with Crippen LogP contribution in [0.2, 0.25) is 0 Å². The summed E-state index contributed by atoms with van der Waals surface area (Å²) in [5.74, 6) is -0.0431. The second-order valence-electron chi connectivity index (χ2n) is 6.31. The number of carbonyl (C=O) groups excluding carboxylic acids is 1. The van der Waals surface area contributed by atoms with Crippen molar-refractivity contribution in [1.82, 2.24) is 4.90 Å². The van der Waals surface area contributed by atoms with Crippen molar-refractivity contribution in [3.8, 4) is 0 Å². The highest BCUT2D eigenvalue weighted by molar-refractivity contribution is 5.95. The average Bonchev–Trinajstić information content (AvgIpc) is 2.38. The fourth-order valence-corrected chi connectivity index (χ4v) is 2.42. The first-order chi connectivity index (χ1) is 9.65. The lowest BCUT2D eigenvalue weighted by Crippen LogP contribution is -2.48. The number of likely N-dealkylation sites (N-methyl/N-ethyl adjacent to an activating group) is 1. The number of aryl methyl sites for hydroxylation is 2. The summed E-state index contributed by atoms with van der Waals surface area (Å²) >= 11 is 0. The van der Waals surface area contributed by atoms with E-state index in [0.29, 0.717) is 13.1 Å². The summed E-state index contributed by atoms with van der Waals surface area (Å²) in [4.78, 5) is 14.4. The first-order valence-corrected chi connectivity index (χ1v) is 7.49. The molecule has 0 aliphatic carbocycles. The maximum absolute atomic E-state index is 12.5. The van der Waals surface area contributed by atoms with Crippen molar-refractivity contribution in [3.63, 3.8) is 0 Å². The van der Waals surface area contributed by atoms with Crippen molar-refractivity contribution < 1.29 is 9.90 Å². The third-order valence-corrected chi connectivity index (χ3v) is 3.65. The molecule has 1 rings (SSSR count). The van der Waals surface area contributed by atoms with E-state index >= 15 is 0 Å². The molecule has 0 aliphatic heterocycles. The maximum atomic E-state index is 12.5. The molecule has 1 aromatic rings. The first-order valence-electron chi connectivity index (χ1n) is 7.49. The predicted molar refractivity (Wildman–Crippen MR) is 87.6 cm³/mol. The van der Waals surface area contributed by atoms with Crippen LogP contribution in [0.4, 0.5) is 5.69 Å². The van der Waals surface area contributed by atoms with Gasteiger partial charge in [0.25, 0.3) is 0 Å². The highest BCUT2D eigenvalue weighted by Crippen LogP contribution is 2.20. The highest BCUT2D eigenvalue weighted by atomic mass is 16.3. The van der Waals surface area contributed by atoms with E-state index in [0.717, 1.165) is 16.8 Å². The van der Waals surface area contributed by atoms with Crippen LogP contribution in [-0.2, 0) is 4.79 Å². The van der Waals surface area contributed by atoms with Crippen LogP contribution >= 0.6 is 0 Å². The lowest BCUT2D eigenvalue weighted by Gasteiger charge is -2.32. The molecule has 2 N–H and O–H groups in total. The van der Waals surface area contributed by atoms with Crippen LogP contribution in [0.15, 0.2) is 18.2 Å². The molecule has 0 aliphatic rings. The summed E-state index contributed by atoms with van der Waals surface area (Å²) in [7, 11) is 0. The van der Waals surface area contributed by atoms with E-state index in [1.54, 1.807) is 13.8 Å². The summed E-state index contributed by atoms with van der Waals surface area (Å²) in [6, 6.07) is 5.67. The first kappa shape index (κ1) is 17.7.